The number of aliphatic carboxylic acids is 1. The largest absolute Gasteiger partial charge is 0.481 e. The molecule has 2 rings (SSSR count). The number of H-pyrrole nitrogens is 1. The van der Waals surface area contributed by atoms with E-state index >= 15 is 0 Å². The average molecular weight is 297 g/mol. The minimum Gasteiger partial charge on any atom is -0.481 e. The molecule has 2 heterocycles. The van der Waals surface area contributed by atoms with Gasteiger partial charge in [0, 0.05) is 18.8 Å². The molecule has 1 unspecified atom stereocenters. The Labute approximate surface area is 119 Å². The molecule has 1 aliphatic heterocycles. The van der Waals surface area contributed by atoms with Gasteiger partial charge in [0.05, 0.1) is 11.5 Å². The van der Waals surface area contributed by atoms with Crippen LogP contribution in [0.15, 0.2) is 9.82 Å². The number of thioether (sulfide) groups is 1. The first-order valence-corrected chi connectivity index (χ1v) is 7.33. The third-order valence-corrected chi connectivity index (χ3v) is 4.00. The van der Waals surface area contributed by atoms with Crippen molar-refractivity contribution in [3.63, 3.8) is 0 Å². The molecule has 1 fully saturated rings. The van der Waals surface area contributed by atoms with Crippen LogP contribution in [0.1, 0.15) is 22.5 Å². The van der Waals surface area contributed by atoms with E-state index in [-0.39, 0.29) is 12.5 Å². The van der Waals surface area contributed by atoms with E-state index in [2.05, 4.69) is 9.97 Å². The number of rotatable bonds is 3. The van der Waals surface area contributed by atoms with Crippen LogP contribution < -0.4 is 5.69 Å². The van der Waals surface area contributed by atoms with E-state index < -0.39 is 17.6 Å². The Hall–Kier alpha value is -1.83. The standard InChI is InChI=1S/C12H15N3O4S/c1-6-8(9(20-2)14-12(19)13-6)10(16)15-4-3-7(5-15)11(17)18/h7H,3-5H2,1-2H3,(H,17,18)(H,13,14,19). The molecule has 1 aromatic heterocycles. The molecule has 1 saturated heterocycles. The number of nitrogens with zero attached hydrogens (tertiary/aromatic N) is 2. The minimum atomic E-state index is -0.887. The fourth-order valence-electron chi connectivity index (χ4n) is 2.26. The van der Waals surface area contributed by atoms with Crippen LogP contribution >= 0.6 is 11.8 Å². The van der Waals surface area contributed by atoms with Crippen LogP contribution in [0.3, 0.4) is 0 Å². The first-order chi connectivity index (χ1) is 9.43. The second kappa shape index (κ2) is 5.66. The van der Waals surface area contributed by atoms with Crippen LogP contribution in [0, 0.1) is 12.8 Å². The summed E-state index contributed by atoms with van der Waals surface area (Å²) in [5.74, 6) is -1.69. The fraction of sp³-hybridized carbons (Fsp3) is 0.500. The predicted octanol–water partition coefficient (Wildman–Crippen LogP) is 0.347. The molecular formula is C12H15N3O4S. The number of likely N-dealkylation sites (tertiary alicyclic amines) is 1. The Morgan fingerprint density at radius 3 is 2.75 bits per heavy atom. The Bertz CT molecular complexity index is 613. The monoisotopic (exact) mass is 297 g/mol. The smallest absolute Gasteiger partial charge is 0.346 e. The summed E-state index contributed by atoms with van der Waals surface area (Å²) in [6.07, 6.45) is 2.19. The Balaban J connectivity index is 2.31. The maximum Gasteiger partial charge on any atom is 0.346 e. The average Bonchev–Trinajstić information content (AvgIpc) is 2.86. The molecule has 8 heteroatoms. The van der Waals surface area contributed by atoms with Crippen LogP contribution in [0.5, 0.6) is 0 Å². The van der Waals surface area contributed by atoms with Crippen molar-refractivity contribution < 1.29 is 14.7 Å². The third kappa shape index (κ3) is 2.69. The minimum absolute atomic E-state index is 0.195. The molecule has 2 N–H and O–H groups in total. The Kier molecular flexibility index (Phi) is 4.12. The molecule has 0 saturated carbocycles. The van der Waals surface area contributed by atoms with E-state index in [0.717, 1.165) is 0 Å². The number of amides is 1. The van der Waals surface area contributed by atoms with Crippen molar-refractivity contribution >= 4 is 23.6 Å². The number of carboxylic acid groups (broad SMARTS) is 1. The quantitative estimate of drug-likeness (QED) is 0.616. The Morgan fingerprint density at radius 1 is 1.50 bits per heavy atom. The normalized spacial score (nSPS) is 18.3. The maximum absolute atomic E-state index is 12.5. The summed E-state index contributed by atoms with van der Waals surface area (Å²) in [5.41, 5.74) is 0.314. The first kappa shape index (κ1) is 14.6. The molecule has 1 aromatic rings. The molecule has 0 spiro atoms. The van der Waals surface area contributed by atoms with Gasteiger partial charge in [0.15, 0.2) is 0 Å². The highest BCUT2D eigenvalue weighted by molar-refractivity contribution is 7.98. The van der Waals surface area contributed by atoms with Gasteiger partial charge in [0.2, 0.25) is 0 Å². The predicted molar refractivity (Wildman–Crippen MR) is 73.0 cm³/mol. The third-order valence-electron chi connectivity index (χ3n) is 3.32. The van der Waals surface area contributed by atoms with Gasteiger partial charge in [0.25, 0.3) is 5.91 Å². The number of aryl methyl sites for hydroxylation is 1. The number of carbonyl (C=O) groups excluding carboxylic acids is 1. The summed E-state index contributed by atoms with van der Waals surface area (Å²) < 4.78 is 0. The lowest BCUT2D eigenvalue weighted by Gasteiger charge is -2.18. The van der Waals surface area contributed by atoms with Gasteiger partial charge in [-0.15, -0.1) is 11.8 Å². The number of carboxylic acids is 1. The number of carbonyl (C=O) groups is 2. The summed E-state index contributed by atoms with van der Waals surface area (Å²) in [6.45, 7) is 2.24. The molecule has 0 aliphatic carbocycles. The zero-order chi connectivity index (χ0) is 14.9. The zero-order valence-electron chi connectivity index (χ0n) is 11.2. The van der Waals surface area contributed by atoms with Crippen LogP contribution in [0.2, 0.25) is 0 Å². The van der Waals surface area contributed by atoms with Crippen molar-refractivity contribution in [3.8, 4) is 0 Å². The molecular weight excluding hydrogens is 282 g/mol. The van der Waals surface area contributed by atoms with E-state index in [0.29, 0.717) is 29.2 Å². The lowest BCUT2D eigenvalue weighted by molar-refractivity contribution is -0.141. The molecule has 0 radical (unpaired) electrons. The molecule has 0 aromatic carbocycles. The summed E-state index contributed by atoms with van der Waals surface area (Å²) >= 11 is 1.22. The second-order valence-corrected chi connectivity index (χ2v) is 5.42. The van der Waals surface area contributed by atoms with Gasteiger partial charge in [-0.05, 0) is 19.6 Å². The lowest BCUT2D eigenvalue weighted by Crippen LogP contribution is -2.32. The zero-order valence-corrected chi connectivity index (χ0v) is 12.0. The van der Waals surface area contributed by atoms with Gasteiger partial charge in [0.1, 0.15) is 5.03 Å². The SMILES string of the molecule is CSc1nc(=O)[nH]c(C)c1C(=O)N1CCC(C(=O)O)C1. The fourth-order valence-corrected chi connectivity index (χ4v) is 2.88. The highest BCUT2D eigenvalue weighted by Gasteiger charge is 2.33. The van der Waals surface area contributed by atoms with Gasteiger partial charge in [-0.25, -0.2) is 4.79 Å². The van der Waals surface area contributed by atoms with Crippen molar-refractivity contribution in [2.45, 2.75) is 18.4 Å². The number of aromatic nitrogens is 2. The van der Waals surface area contributed by atoms with Crippen molar-refractivity contribution in [3.05, 3.63) is 21.7 Å². The van der Waals surface area contributed by atoms with Crippen molar-refractivity contribution in [1.29, 1.82) is 0 Å². The van der Waals surface area contributed by atoms with Crippen molar-refractivity contribution in [2.24, 2.45) is 5.92 Å². The number of hydrogen-bond donors (Lipinski definition) is 2. The summed E-state index contributed by atoms with van der Waals surface area (Å²) in [4.78, 5) is 42.5. The molecule has 1 amide bonds. The van der Waals surface area contributed by atoms with E-state index in [1.807, 2.05) is 0 Å². The van der Waals surface area contributed by atoms with Crippen molar-refractivity contribution in [2.75, 3.05) is 19.3 Å². The topological polar surface area (TPSA) is 103 Å². The lowest BCUT2D eigenvalue weighted by atomic mass is 10.1. The van der Waals surface area contributed by atoms with Gasteiger partial charge < -0.3 is 15.0 Å². The number of aromatic amines is 1. The molecule has 1 aliphatic rings. The van der Waals surface area contributed by atoms with Crippen LogP contribution in [0.4, 0.5) is 0 Å². The van der Waals surface area contributed by atoms with E-state index in [1.54, 1.807) is 13.2 Å². The number of nitrogens with one attached hydrogen (secondary N) is 1. The van der Waals surface area contributed by atoms with E-state index in [9.17, 15) is 14.4 Å². The molecule has 7 nitrogen and oxygen atoms in total. The summed E-state index contributed by atoms with van der Waals surface area (Å²) in [6, 6.07) is 0. The summed E-state index contributed by atoms with van der Waals surface area (Å²) in [7, 11) is 0. The maximum atomic E-state index is 12.5. The van der Waals surface area contributed by atoms with E-state index in [4.69, 9.17) is 5.11 Å². The van der Waals surface area contributed by atoms with Gasteiger partial charge in [-0.2, -0.15) is 4.98 Å². The van der Waals surface area contributed by atoms with Crippen LogP contribution in [-0.4, -0.2) is 51.2 Å². The molecule has 20 heavy (non-hydrogen) atoms. The van der Waals surface area contributed by atoms with Crippen molar-refractivity contribution in [1.82, 2.24) is 14.9 Å². The second-order valence-electron chi connectivity index (χ2n) is 4.63. The van der Waals surface area contributed by atoms with Crippen LogP contribution in [0.25, 0.3) is 0 Å². The molecule has 108 valence electrons. The van der Waals surface area contributed by atoms with Crippen LogP contribution in [-0.2, 0) is 4.79 Å². The van der Waals surface area contributed by atoms with Gasteiger partial charge in [-0.3, -0.25) is 9.59 Å². The summed E-state index contributed by atoms with van der Waals surface area (Å²) in [5, 5.41) is 9.34. The highest BCUT2D eigenvalue weighted by atomic mass is 32.2. The highest BCUT2D eigenvalue weighted by Crippen LogP contribution is 2.24. The molecule has 1 atom stereocenters. The van der Waals surface area contributed by atoms with Gasteiger partial charge >= 0.3 is 11.7 Å². The van der Waals surface area contributed by atoms with E-state index in [1.165, 1.54) is 16.7 Å². The Morgan fingerprint density at radius 2 is 2.20 bits per heavy atom. The first-order valence-electron chi connectivity index (χ1n) is 6.11. The molecule has 0 bridgehead atoms. The van der Waals surface area contributed by atoms with Gasteiger partial charge in [-0.1, -0.05) is 0 Å². The number of hydrogen-bond acceptors (Lipinski definition) is 5.